The highest BCUT2D eigenvalue weighted by Gasteiger charge is 1.98. The van der Waals surface area contributed by atoms with Gasteiger partial charge in [-0.3, -0.25) is 4.68 Å². The predicted octanol–water partition coefficient (Wildman–Crippen LogP) is 1.63. The van der Waals surface area contributed by atoms with Gasteiger partial charge in [0.2, 0.25) is 0 Å². The summed E-state index contributed by atoms with van der Waals surface area (Å²) in [7, 11) is 1.80. The standard InChI is InChI=1S/C6H7N3.C2H6/c1-5-4-9(2)8-6(5)3-7;1-2/h4H,1-2H3;1-2H3. The highest BCUT2D eigenvalue weighted by Crippen LogP contribution is 2.00. The molecule has 1 aromatic heterocycles. The fourth-order valence-corrected chi connectivity index (χ4v) is 0.717. The first-order valence-corrected chi connectivity index (χ1v) is 3.64. The summed E-state index contributed by atoms with van der Waals surface area (Å²) in [4.78, 5) is 0. The van der Waals surface area contributed by atoms with E-state index in [4.69, 9.17) is 5.26 Å². The summed E-state index contributed by atoms with van der Waals surface area (Å²) in [6, 6.07) is 1.98. The van der Waals surface area contributed by atoms with Crippen molar-refractivity contribution in [3.8, 4) is 6.07 Å². The minimum Gasteiger partial charge on any atom is -0.274 e. The molecule has 3 nitrogen and oxygen atoms in total. The van der Waals surface area contributed by atoms with Gasteiger partial charge in [-0.15, -0.1) is 0 Å². The van der Waals surface area contributed by atoms with Crippen LogP contribution in [0.25, 0.3) is 0 Å². The Labute approximate surface area is 67.3 Å². The first kappa shape index (κ1) is 9.70. The third-order valence-corrected chi connectivity index (χ3v) is 1.12. The van der Waals surface area contributed by atoms with Crippen molar-refractivity contribution < 1.29 is 0 Å². The number of aryl methyl sites for hydroxylation is 2. The van der Waals surface area contributed by atoms with Gasteiger partial charge >= 0.3 is 0 Å². The quantitative estimate of drug-likeness (QED) is 0.565. The molecule has 0 aliphatic carbocycles. The molecular weight excluding hydrogens is 138 g/mol. The molecule has 1 heterocycles. The van der Waals surface area contributed by atoms with Gasteiger partial charge < -0.3 is 0 Å². The van der Waals surface area contributed by atoms with Crippen LogP contribution in [0.3, 0.4) is 0 Å². The zero-order chi connectivity index (χ0) is 8.85. The number of hydrogen-bond donors (Lipinski definition) is 0. The Bertz CT molecular complexity index is 255. The molecule has 0 saturated carbocycles. The van der Waals surface area contributed by atoms with Crippen molar-refractivity contribution in [3.05, 3.63) is 17.5 Å². The number of nitrogens with zero attached hydrogens (tertiary/aromatic N) is 3. The number of aromatic nitrogens is 2. The van der Waals surface area contributed by atoms with Crippen molar-refractivity contribution in [2.75, 3.05) is 0 Å². The van der Waals surface area contributed by atoms with Crippen LogP contribution in [-0.4, -0.2) is 9.78 Å². The minimum atomic E-state index is 0.512. The Kier molecular flexibility index (Phi) is 3.97. The monoisotopic (exact) mass is 151 g/mol. The van der Waals surface area contributed by atoms with E-state index in [0.29, 0.717) is 5.69 Å². The van der Waals surface area contributed by atoms with Crippen molar-refractivity contribution in [2.45, 2.75) is 20.8 Å². The summed E-state index contributed by atoms with van der Waals surface area (Å²) in [5.74, 6) is 0. The second-order valence-corrected chi connectivity index (χ2v) is 1.95. The van der Waals surface area contributed by atoms with Crippen molar-refractivity contribution in [2.24, 2.45) is 7.05 Å². The van der Waals surface area contributed by atoms with Crippen molar-refractivity contribution in [3.63, 3.8) is 0 Å². The Hall–Kier alpha value is -1.30. The Morgan fingerprint density at radius 3 is 2.27 bits per heavy atom. The second kappa shape index (κ2) is 4.51. The summed E-state index contributed by atoms with van der Waals surface area (Å²) >= 11 is 0. The van der Waals surface area contributed by atoms with Gasteiger partial charge in [-0.2, -0.15) is 10.4 Å². The lowest BCUT2D eigenvalue weighted by Gasteiger charge is -1.78. The first-order valence-electron chi connectivity index (χ1n) is 3.64. The van der Waals surface area contributed by atoms with E-state index in [-0.39, 0.29) is 0 Å². The highest BCUT2D eigenvalue weighted by atomic mass is 15.2. The molecule has 0 aliphatic rings. The summed E-state index contributed by atoms with van der Waals surface area (Å²) in [6.07, 6.45) is 1.82. The van der Waals surface area contributed by atoms with Gasteiger partial charge in [-0.1, -0.05) is 13.8 Å². The van der Waals surface area contributed by atoms with Crippen molar-refractivity contribution >= 4 is 0 Å². The highest BCUT2D eigenvalue weighted by molar-refractivity contribution is 5.27. The van der Waals surface area contributed by atoms with Crippen molar-refractivity contribution in [1.82, 2.24) is 9.78 Å². The molecule has 0 fully saturated rings. The summed E-state index contributed by atoms with van der Waals surface area (Å²) in [5, 5.41) is 12.3. The van der Waals surface area contributed by atoms with Crippen LogP contribution in [0.1, 0.15) is 25.1 Å². The molecule has 0 spiro atoms. The fourth-order valence-electron chi connectivity index (χ4n) is 0.717. The maximum Gasteiger partial charge on any atom is 0.165 e. The molecule has 0 radical (unpaired) electrons. The van der Waals surface area contributed by atoms with E-state index in [1.807, 2.05) is 33.0 Å². The van der Waals surface area contributed by atoms with E-state index < -0.39 is 0 Å². The zero-order valence-electron chi connectivity index (χ0n) is 7.42. The number of hydrogen-bond acceptors (Lipinski definition) is 2. The van der Waals surface area contributed by atoms with Gasteiger partial charge in [0.05, 0.1) is 0 Å². The van der Waals surface area contributed by atoms with Crippen LogP contribution < -0.4 is 0 Å². The fraction of sp³-hybridized carbons (Fsp3) is 0.500. The molecule has 1 rings (SSSR count). The average Bonchev–Trinajstić information content (AvgIpc) is 2.33. The molecule has 60 valence electrons. The SMILES string of the molecule is CC.Cc1cn(C)nc1C#N. The molecule has 1 aromatic rings. The number of rotatable bonds is 0. The summed E-state index contributed by atoms with van der Waals surface area (Å²) in [6.45, 7) is 5.87. The summed E-state index contributed by atoms with van der Waals surface area (Å²) in [5.41, 5.74) is 1.44. The Balaban J connectivity index is 0.000000461. The Morgan fingerprint density at radius 2 is 2.09 bits per heavy atom. The molecule has 0 atom stereocenters. The van der Waals surface area contributed by atoms with Crippen LogP contribution in [0, 0.1) is 18.3 Å². The van der Waals surface area contributed by atoms with Crippen LogP contribution in [0.15, 0.2) is 6.20 Å². The zero-order valence-corrected chi connectivity index (χ0v) is 7.42. The van der Waals surface area contributed by atoms with E-state index in [9.17, 15) is 0 Å². The predicted molar refractivity (Wildman–Crippen MR) is 44.0 cm³/mol. The summed E-state index contributed by atoms with van der Waals surface area (Å²) < 4.78 is 1.63. The first-order chi connectivity index (χ1) is 5.24. The maximum atomic E-state index is 8.41. The van der Waals surface area contributed by atoms with Crippen molar-refractivity contribution in [1.29, 1.82) is 5.26 Å². The van der Waals surface area contributed by atoms with Gasteiger partial charge in [-0.05, 0) is 6.92 Å². The molecule has 0 N–H and O–H groups in total. The lowest BCUT2D eigenvalue weighted by Crippen LogP contribution is -1.86. The average molecular weight is 151 g/mol. The smallest absolute Gasteiger partial charge is 0.165 e. The molecule has 0 saturated heterocycles. The maximum absolute atomic E-state index is 8.41. The van der Waals surface area contributed by atoms with E-state index in [1.54, 1.807) is 11.7 Å². The van der Waals surface area contributed by atoms with Crippen LogP contribution in [0.5, 0.6) is 0 Å². The van der Waals surface area contributed by atoms with E-state index in [2.05, 4.69) is 5.10 Å². The third kappa shape index (κ3) is 2.42. The second-order valence-electron chi connectivity index (χ2n) is 1.95. The Morgan fingerprint density at radius 1 is 1.55 bits per heavy atom. The van der Waals surface area contributed by atoms with Gasteiger partial charge in [0.1, 0.15) is 6.07 Å². The van der Waals surface area contributed by atoms with Gasteiger partial charge in [-0.25, -0.2) is 0 Å². The van der Waals surface area contributed by atoms with Crippen LogP contribution in [0.2, 0.25) is 0 Å². The molecule has 0 aliphatic heterocycles. The van der Waals surface area contributed by atoms with Crippen LogP contribution in [-0.2, 0) is 7.05 Å². The minimum absolute atomic E-state index is 0.512. The van der Waals surface area contributed by atoms with E-state index in [0.717, 1.165) is 5.56 Å². The molecule has 3 heteroatoms. The van der Waals surface area contributed by atoms with Gasteiger partial charge in [0, 0.05) is 18.8 Å². The number of nitriles is 1. The third-order valence-electron chi connectivity index (χ3n) is 1.12. The molecule has 0 unspecified atom stereocenters. The van der Waals surface area contributed by atoms with E-state index in [1.165, 1.54) is 0 Å². The molecule has 11 heavy (non-hydrogen) atoms. The lowest BCUT2D eigenvalue weighted by atomic mass is 10.3. The molecular formula is C8H13N3. The van der Waals surface area contributed by atoms with E-state index >= 15 is 0 Å². The largest absolute Gasteiger partial charge is 0.274 e. The van der Waals surface area contributed by atoms with Gasteiger partial charge in [0.25, 0.3) is 0 Å². The molecule has 0 aromatic carbocycles. The van der Waals surface area contributed by atoms with Gasteiger partial charge in [0.15, 0.2) is 5.69 Å². The lowest BCUT2D eigenvalue weighted by molar-refractivity contribution is 0.763. The topological polar surface area (TPSA) is 41.6 Å². The van der Waals surface area contributed by atoms with Crippen LogP contribution >= 0.6 is 0 Å². The molecule has 0 amide bonds. The van der Waals surface area contributed by atoms with Crippen LogP contribution in [0.4, 0.5) is 0 Å². The normalized spacial score (nSPS) is 7.91. The molecule has 0 bridgehead atoms.